The van der Waals surface area contributed by atoms with Crippen LogP contribution in [-0.4, -0.2) is 94.1 Å². The first-order valence-electron chi connectivity index (χ1n) is 13.3. The topological polar surface area (TPSA) is 150 Å². The van der Waals surface area contributed by atoms with Gasteiger partial charge in [-0.15, -0.1) is 0 Å². The van der Waals surface area contributed by atoms with Crippen LogP contribution in [0.15, 0.2) is 35.1 Å². The van der Waals surface area contributed by atoms with E-state index in [2.05, 4.69) is 20.7 Å². The summed E-state index contributed by atoms with van der Waals surface area (Å²) in [4.78, 5) is 36.1. The van der Waals surface area contributed by atoms with Gasteiger partial charge in [-0.05, 0) is 31.0 Å². The van der Waals surface area contributed by atoms with Crippen LogP contribution in [-0.2, 0) is 4.74 Å². The minimum Gasteiger partial charge on any atom is -0.465 e. The van der Waals surface area contributed by atoms with Gasteiger partial charge in [-0.1, -0.05) is 0 Å². The Kier molecular flexibility index (Phi) is 6.91. The molecule has 6 rings (SSSR count). The lowest BCUT2D eigenvalue weighted by Crippen LogP contribution is -2.48. The molecule has 4 aromatic rings. The maximum absolute atomic E-state index is 15.4. The van der Waals surface area contributed by atoms with Crippen LogP contribution < -0.4 is 15.5 Å². The van der Waals surface area contributed by atoms with E-state index in [1.54, 1.807) is 19.3 Å². The number of anilines is 2. The lowest BCUT2D eigenvalue weighted by molar-refractivity contribution is 0.0963. The summed E-state index contributed by atoms with van der Waals surface area (Å²) < 4.78 is 28.6. The van der Waals surface area contributed by atoms with E-state index in [0.717, 1.165) is 6.42 Å². The van der Waals surface area contributed by atoms with Gasteiger partial charge in [-0.25, -0.2) is 23.7 Å². The fraction of sp³-hybridized carbons (Fsp3) is 0.370. The van der Waals surface area contributed by atoms with Crippen molar-refractivity contribution in [3.05, 3.63) is 47.7 Å². The first-order chi connectivity index (χ1) is 19.8. The lowest BCUT2D eigenvalue weighted by atomic mass is 10.0. The number of rotatable bonds is 6. The highest BCUT2D eigenvalue weighted by Gasteiger charge is 2.26. The van der Waals surface area contributed by atoms with Gasteiger partial charge in [0.25, 0.3) is 11.9 Å². The molecule has 1 atom stereocenters. The van der Waals surface area contributed by atoms with Crippen LogP contribution in [0.25, 0.3) is 28.1 Å². The molecule has 3 N–H and O–H groups in total. The number of aryl methyl sites for hydroxylation is 1. The second kappa shape index (κ2) is 10.7. The standard InChI is InChI=1S/C27H29FN8O5/c1-15-9-16(25(37)29-2)10-18(22(15)28)19-11-31-36-13-20(23(33-24(19)36)32-17-3-8-40-14-17)21-12-30-26(41-21)34-4-6-35(7-5-34)27(38)39/h9-13,17H,3-8,14H2,1-2H3,(H,29,37)(H,32,33)(H,38,39)/t17-/m0/s1. The number of carboxylic acid groups (broad SMARTS) is 1. The number of oxazole rings is 1. The summed E-state index contributed by atoms with van der Waals surface area (Å²) in [6, 6.07) is 3.39. The summed E-state index contributed by atoms with van der Waals surface area (Å²) in [5.74, 6) is 0.153. The van der Waals surface area contributed by atoms with Crippen LogP contribution in [0.2, 0.25) is 0 Å². The average molecular weight is 565 g/mol. The van der Waals surface area contributed by atoms with Crippen molar-refractivity contribution >= 4 is 29.5 Å². The monoisotopic (exact) mass is 564 g/mol. The van der Waals surface area contributed by atoms with Crippen molar-refractivity contribution in [2.75, 3.05) is 56.7 Å². The number of fused-ring (bicyclic) bond motifs is 1. The molecule has 14 heteroatoms. The summed E-state index contributed by atoms with van der Waals surface area (Å²) in [6.45, 7) is 4.35. The van der Waals surface area contributed by atoms with Crippen molar-refractivity contribution in [1.82, 2.24) is 29.8 Å². The smallest absolute Gasteiger partial charge is 0.407 e. The zero-order valence-electron chi connectivity index (χ0n) is 22.6. The third-order valence-corrected chi connectivity index (χ3v) is 7.38. The summed E-state index contributed by atoms with van der Waals surface area (Å²) in [7, 11) is 1.52. The first-order valence-corrected chi connectivity index (χ1v) is 13.3. The molecular weight excluding hydrogens is 535 g/mol. The molecule has 0 unspecified atom stereocenters. The fourth-order valence-electron chi connectivity index (χ4n) is 5.10. The Morgan fingerprint density at radius 3 is 2.63 bits per heavy atom. The molecule has 0 saturated carbocycles. The number of nitrogens with one attached hydrogen (secondary N) is 2. The Balaban J connectivity index is 1.40. The lowest BCUT2D eigenvalue weighted by Gasteiger charge is -2.31. The Hall–Kier alpha value is -4.72. The van der Waals surface area contributed by atoms with Crippen molar-refractivity contribution < 1.29 is 28.2 Å². The number of carbonyl (C=O) groups excluding carboxylic acids is 1. The van der Waals surface area contributed by atoms with E-state index in [-0.39, 0.29) is 17.5 Å². The average Bonchev–Trinajstić information content (AvgIpc) is 3.75. The van der Waals surface area contributed by atoms with E-state index < -0.39 is 11.9 Å². The van der Waals surface area contributed by atoms with Gasteiger partial charge in [-0.2, -0.15) is 5.10 Å². The quantitative estimate of drug-likeness (QED) is 0.319. The summed E-state index contributed by atoms with van der Waals surface area (Å²) in [5, 5.41) is 19.7. The van der Waals surface area contributed by atoms with Gasteiger partial charge >= 0.3 is 6.09 Å². The number of hydrogen-bond acceptors (Lipinski definition) is 9. The Labute approximate surface area is 233 Å². The number of benzene rings is 1. The SMILES string of the molecule is CNC(=O)c1cc(C)c(F)c(-c2cnn3cc(-c4cnc(N5CCN(C(=O)O)CC5)o4)c(N[C@H]4CCOC4)nc23)c1. The molecule has 3 aromatic heterocycles. The highest BCUT2D eigenvalue weighted by molar-refractivity contribution is 5.96. The predicted octanol–water partition coefficient (Wildman–Crippen LogP) is 2.86. The van der Waals surface area contributed by atoms with Crippen molar-refractivity contribution in [3.63, 3.8) is 0 Å². The largest absolute Gasteiger partial charge is 0.465 e. The number of hydrogen-bond donors (Lipinski definition) is 3. The molecule has 13 nitrogen and oxygen atoms in total. The van der Waals surface area contributed by atoms with E-state index in [1.165, 1.54) is 34.8 Å². The number of ether oxygens (including phenoxy) is 1. The molecule has 0 spiro atoms. The van der Waals surface area contributed by atoms with E-state index in [9.17, 15) is 14.7 Å². The van der Waals surface area contributed by atoms with E-state index >= 15 is 4.39 Å². The summed E-state index contributed by atoms with van der Waals surface area (Å²) in [5.41, 5.74) is 2.30. The fourth-order valence-corrected chi connectivity index (χ4v) is 5.10. The molecule has 5 heterocycles. The van der Waals surface area contributed by atoms with E-state index in [0.29, 0.717) is 84.9 Å². The maximum atomic E-state index is 15.4. The molecule has 0 bridgehead atoms. The van der Waals surface area contributed by atoms with Crippen LogP contribution >= 0.6 is 0 Å². The number of carbonyl (C=O) groups is 2. The van der Waals surface area contributed by atoms with Gasteiger partial charge in [-0.3, -0.25) is 4.79 Å². The summed E-state index contributed by atoms with van der Waals surface area (Å²) >= 11 is 0. The minimum atomic E-state index is -0.947. The molecule has 214 valence electrons. The number of piperazine rings is 1. The second-order valence-electron chi connectivity index (χ2n) is 10.0. The van der Waals surface area contributed by atoms with Gasteiger partial charge in [0.15, 0.2) is 11.4 Å². The molecule has 2 aliphatic heterocycles. The Morgan fingerprint density at radius 1 is 1.12 bits per heavy atom. The molecule has 2 amide bonds. The van der Waals surface area contributed by atoms with Crippen LogP contribution in [0, 0.1) is 12.7 Å². The van der Waals surface area contributed by atoms with Crippen molar-refractivity contribution in [2.45, 2.75) is 19.4 Å². The van der Waals surface area contributed by atoms with Crippen LogP contribution in [0.1, 0.15) is 22.3 Å². The molecular formula is C27H29FN8O5. The highest BCUT2D eigenvalue weighted by atomic mass is 19.1. The molecule has 2 aliphatic rings. The van der Waals surface area contributed by atoms with Gasteiger partial charge in [0.1, 0.15) is 11.6 Å². The number of aromatic nitrogens is 4. The highest BCUT2D eigenvalue weighted by Crippen LogP contribution is 2.35. The predicted molar refractivity (Wildman–Crippen MR) is 147 cm³/mol. The van der Waals surface area contributed by atoms with Crippen molar-refractivity contribution in [3.8, 4) is 22.5 Å². The van der Waals surface area contributed by atoms with Crippen LogP contribution in [0.3, 0.4) is 0 Å². The van der Waals surface area contributed by atoms with Crippen molar-refractivity contribution in [1.29, 1.82) is 0 Å². The number of nitrogens with zero attached hydrogens (tertiary/aromatic N) is 6. The third kappa shape index (κ3) is 5.01. The molecule has 1 aromatic carbocycles. The number of halogens is 1. The first kappa shape index (κ1) is 26.5. The molecule has 0 radical (unpaired) electrons. The van der Waals surface area contributed by atoms with E-state index in [1.807, 2.05) is 4.90 Å². The van der Waals surface area contributed by atoms with Gasteiger partial charge < -0.3 is 34.7 Å². The Bertz CT molecular complexity index is 1620. The van der Waals surface area contributed by atoms with Crippen LogP contribution in [0.5, 0.6) is 0 Å². The van der Waals surface area contributed by atoms with E-state index in [4.69, 9.17) is 14.1 Å². The molecule has 0 aliphatic carbocycles. The van der Waals surface area contributed by atoms with Gasteiger partial charge in [0, 0.05) is 62.7 Å². The zero-order chi connectivity index (χ0) is 28.7. The second-order valence-corrected chi connectivity index (χ2v) is 10.0. The third-order valence-electron chi connectivity index (χ3n) is 7.38. The normalized spacial score (nSPS) is 17.3. The van der Waals surface area contributed by atoms with Gasteiger partial charge in [0.2, 0.25) is 0 Å². The summed E-state index contributed by atoms with van der Waals surface area (Å²) in [6.07, 6.45) is 4.70. The van der Waals surface area contributed by atoms with Crippen molar-refractivity contribution in [2.24, 2.45) is 0 Å². The molecule has 41 heavy (non-hydrogen) atoms. The minimum absolute atomic E-state index is 0.0112. The zero-order valence-corrected chi connectivity index (χ0v) is 22.6. The number of amides is 2. The molecule has 2 saturated heterocycles. The van der Waals surface area contributed by atoms with Crippen LogP contribution in [0.4, 0.5) is 21.0 Å². The van der Waals surface area contributed by atoms with Gasteiger partial charge in [0.05, 0.1) is 30.6 Å². The molecule has 2 fully saturated rings. The maximum Gasteiger partial charge on any atom is 0.407 e. The Morgan fingerprint density at radius 2 is 1.93 bits per heavy atom.